The molecule has 4 nitrogen and oxygen atoms in total. The number of unbranched alkanes of at least 4 members (excludes halogenated alkanes) is 5. The summed E-state index contributed by atoms with van der Waals surface area (Å²) in [6.07, 6.45) is 8.11. The van der Waals surface area contributed by atoms with Crippen molar-refractivity contribution in [3.8, 4) is 0 Å². The molecule has 0 aliphatic rings. The van der Waals surface area contributed by atoms with Crippen LogP contribution >= 0.6 is 0 Å². The fraction of sp³-hybridized carbons (Fsp3) is 1.00. The van der Waals surface area contributed by atoms with Gasteiger partial charge in [-0.25, -0.2) is 0 Å². The number of methoxy groups -OCH3 is 1. The zero-order valence-corrected chi connectivity index (χ0v) is 15.4. The molecule has 0 N–H and O–H groups in total. The van der Waals surface area contributed by atoms with E-state index in [1.807, 2.05) is 13.8 Å². The summed E-state index contributed by atoms with van der Waals surface area (Å²) < 4.78 is 22.2. The first-order chi connectivity index (χ1) is 10.6. The average Bonchev–Trinajstić information content (AvgIpc) is 2.50. The molecule has 134 valence electrons. The first-order valence-electron chi connectivity index (χ1n) is 8.93. The minimum absolute atomic E-state index is 0.0828. The van der Waals surface area contributed by atoms with Crippen LogP contribution in [0.2, 0.25) is 0 Å². The molecule has 0 spiro atoms. The minimum atomic E-state index is 0.0828. The second-order valence-corrected chi connectivity index (χ2v) is 6.19. The first kappa shape index (κ1) is 21.8. The Morgan fingerprint density at radius 3 is 1.73 bits per heavy atom. The molecule has 0 radical (unpaired) electrons. The van der Waals surface area contributed by atoms with Gasteiger partial charge in [0.25, 0.3) is 0 Å². The highest BCUT2D eigenvalue weighted by molar-refractivity contribution is 4.55. The summed E-state index contributed by atoms with van der Waals surface area (Å²) in [6.45, 7) is 11.0. The van der Waals surface area contributed by atoms with Gasteiger partial charge in [0.1, 0.15) is 0 Å². The van der Waals surface area contributed by atoms with Crippen LogP contribution in [0.4, 0.5) is 0 Å². The second kappa shape index (κ2) is 15.7. The molecule has 3 atom stereocenters. The van der Waals surface area contributed by atoms with Gasteiger partial charge >= 0.3 is 0 Å². The van der Waals surface area contributed by atoms with E-state index < -0.39 is 0 Å². The third-order valence-electron chi connectivity index (χ3n) is 3.53. The fourth-order valence-electron chi connectivity index (χ4n) is 2.15. The molecule has 4 heteroatoms. The Hall–Kier alpha value is -0.160. The van der Waals surface area contributed by atoms with E-state index in [9.17, 15) is 0 Å². The Bertz CT molecular complexity index is 223. The fourth-order valence-corrected chi connectivity index (χ4v) is 2.15. The topological polar surface area (TPSA) is 36.9 Å². The van der Waals surface area contributed by atoms with Gasteiger partial charge in [-0.3, -0.25) is 0 Å². The minimum Gasteiger partial charge on any atom is -0.382 e. The number of hydrogen-bond acceptors (Lipinski definition) is 4. The van der Waals surface area contributed by atoms with Gasteiger partial charge in [-0.2, -0.15) is 0 Å². The molecule has 0 aliphatic carbocycles. The maximum atomic E-state index is 5.78. The highest BCUT2D eigenvalue weighted by Crippen LogP contribution is 2.06. The summed E-state index contributed by atoms with van der Waals surface area (Å²) in [5, 5.41) is 0. The average molecular weight is 318 g/mol. The van der Waals surface area contributed by atoms with E-state index in [0.29, 0.717) is 19.8 Å². The van der Waals surface area contributed by atoms with Crippen molar-refractivity contribution in [2.45, 2.75) is 84.5 Å². The highest BCUT2D eigenvalue weighted by Gasteiger charge is 2.09. The summed E-state index contributed by atoms with van der Waals surface area (Å²) in [4.78, 5) is 0. The molecule has 0 saturated carbocycles. The van der Waals surface area contributed by atoms with Gasteiger partial charge in [-0.1, -0.05) is 39.0 Å². The van der Waals surface area contributed by atoms with Gasteiger partial charge in [0.05, 0.1) is 38.1 Å². The van der Waals surface area contributed by atoms with Crippen LogP contribution in [0, 0.1) is 0 Å². The van der Waals surface area contributed by atoms with Crippen LogP contribution in [0.3, 0.4) is 0 Å². The highest BCUT2D eigenvalue weighted by atomic mass is 16.6. The zero-order valence-electron chi connectivity index (χ0n) is 15.4. The number of ether oxygens (including phenoxy) is 4. The van der Waals surface area contributed by atoms with Crippen LogP contribution in [0.5, 0.6) is 0 Å². The predicted octanol–water partition coefficient (Wildman–Crippen LogP) is 4.21. The van der Waals surface area contributed by atoms with Crippen molar-refractivity contribution < 1.29 is 18.9 Å². The van der Waals surface area contributed by atoms with Crippen LogP contribution in [-0.4, -0.2) is 51.8 Å². The van der Waals surface area contributed by atoms with Crippen molar-refractivity contribution in [1.82, 2.24) is 0 Å². The van der Waals surface area contributed by atoms with Crippen molar-refractivity contribution in [2.24, 2.45) is 0 Å². The molecular formula is C18H38O4. The van der Waals surface area contributed by atoms with Crippen LogP contribution in [0.15, 0.2) is 0 Å². The number of rotatable bonds is 16. The van der Waals surface area contributed by atoms with Gasteiger partial charge in [0.15, 0.2) is 0 Å². The van der Waals surface area contributed by atoms with E-state index in [0.717, 1.165) is 13.0 Å². The lowest BCUT2D eigenvalue weighted by molar-refractivity contribution is -0.0771. The molecule has 0 fully saturated rings. The third kappa shape index (κ3) is 14.8. The van der Waals surface area contributed by atoms with Crippen molar-refractivity contribution >= 4 is 0 Å². The van der Waals surface area contributed by atoms with Crippen LogP contribution in [0.1, 0.15) is 66.2 Å². The van der Waals surface area contributed by atoms with Gasteiger partial charge in [0, 0.05) is 13.7 Å². The third-order valence-corrected chi connectivity index (χ3v) is 3.53. The quantitative estimate of drug-likeness (QED) is 0.400. The zero-order chi connectivity index (χ0) is 16.6. The van der Waals surface area contributed by atoms with Gasteiger partial charge in [0.2, 0.25) is 0 Å². The second-order valence-electron chi connectivity index (χ2n) is 6.19. The molecule has 22 heavy (non-hydrogen) atoms. The van der Waals surface area contributed by atoms with Crippen molar-refractivity contribution in [3.05, 3.63) is 0 Å². The molecule has 0 bridgehead atoms. The van der Waals surface area contributed by atoms with Gasteiger partial charge in [-0.15, -0.1) is 0 Å². The van der Waals surface area contributed by atoms with Crippen LogP contribution in [-0.2, 0) is 18.9 Å². The Labute approximate surface area is 137 Å². The molecule has 3 unspecified atom stereocenters. The van der Waals surface area contributed by atoms with Crippen molar-refractivity contribution in [2.75, 3.05) is 33.5 Å². The normalized spacial score (nSPS) is 15.7. The molecule has 0 saturated heterocycles. The Balaban J connectivity index is 3.42. The lowest BCUT2D eigenvalue weighted by atomic mass is 10.1. The summed E-state index contributed by atoms with van der Waals surface area (Å²) in [6, 6.07) is 0. The summed E-state index contributed by atoms with van der Waals surface area (Å²) in [7, 11) is 1.68. The van der Waals surface area contributed by atoms with Crippen LogP contribution < -0.4 is 0 Å². The molecule has 0 aromatic carbocycles. The van der Waals surface area contributed by atoms with E-state index in [-0.39, 0.29) is 18.3 Å². The smallest absolute Gasteiger partial charge is 0.0781 e. The Morgan fingerprint density at radius 1 is 0.636 bits per heavy atom. The van der Waals surface area contributed by atoms with Gasteiger partial charge < -0.3 is 18.9 Å². The standard InChI is InChI=1S/C18H38O4/c1-6-7-8-9-10-11-12-20-17(3)14-22-18(4)15-21-16(2)13-19-5/h16-18H,6-15H2,1-5H3. The summed E-state index contributed by atoms with van der Waals surface area (Å²) in [5.41, 5.74) is 0. The molecule has 0 aromatic heterocycles. The monoisotopic (exact) mass is 318 g/mol. The lowest BCUT2D eigenvalue weighted by Crippen LogP contribution is -2.26. The maximum absolute atomic E-state index is 5.78. The summed E-state index contributed by atoms with van der Waals surface area (Å²) >= 11 is 0. The molecule has 0 aliphatic heterocycles. The van der Waals surface area contributed by atoms with E-state index in [4.69, 9.17) is 18.9 Å². The number of hydrogen-bond donors (Lipinski definition) is 0. The molecule has 0 rings (SSSR count). The van der Waals surface area contributed by atoms with E-state index in [1.165, 1.54) is 32.1 Å². The molecule has 0 amide bonds. The first-order valence-corrected chi connectivity index (χ1v) is 8.93. The Morgan fingerprint density at radius 2 is 1.14 bits per heavy atom. The van der Waals surface area contributed by atoms with E-state index in [2.05, 4.69) is 13.8 Å². The maximum Gasteiger partial charge on any atom is 0.0781 e. The summed E-state index contributed by atoms with van der Waals surface area (Å²) in [5.74, 6) is 0. The molecular weight excluding hydrogens is 280 g/mol. The van der Waals surface area contributed by atoms with Crippen molar-refractivity contribution in [3.63, 3.8) is 0 Å². The van der Waals surface area contributed by atoms with Crippen LogP contribution in [0.25, 0.3) is 0 Å². The van der Waals surface area contributed by atoms with Crippen molar-refractivity contribution in [1.29, 1.82) is 0 Å². The van der Waals surface area contributed by atoms with E-state index >= 15 is 0 Å². The predicted molar refractivity (Wildman–Crippen MR) is 91.5 cm³/mol. The van der Waals surface area contributed by atoms with E-state index in [1.54, 1.807) is 7.11 Å². The van der Waals surface area contributed by atoms with Gasteiger partial charge in [-0.05, 0) is 27.2 Å². The molecule has 0 heterocycles. The Kier molecular flexibility index (Phi) is 15.6. The SMILES string of the molecule is CCCCCCCCOC(C)COC(C)COC(C)COC. The molecule has 0 aromatic rings. The largest absolute Gasteiger partial charge is 0.382 e. The lowest BCUT2D eigenvalue weighted by Gasteiger charge is -2.19.